The molecule has 1 aliphatic heterocycles. The molecule has 110 valence electrons. The molecule has 1 saturated heterocycles. The van der Waals surface area contributed by atoms with Crippen molar-refractivity contribution < 1.29 is 4.39 Å². The molecular weight excluding hydrogens is 331 g/mol. The molecule has 1 aliphatic rings. The molecule has 2 nitrogen and oxygen atoms in total. The zero-order valence-corrected chi connectivity index (χ0v) is 13.5. The molecule has 0 saturated carbocycles. The zero-order valence-electron chi connectivity index (χ0n) is 11.9. The Morgan fingerprint density at radius 1 is 1.19 bits per heavy atom. The number of nitrogens with zero attached hydrogens (tertiary/aromatic N) is 1. The van der Waals surface area contributed by atoms with Gasteiger partial charge in [0.15, 0.2) is 0 Å². The molecule has 2 atom stereocenters. The molecule has 21 heavy (non-hydrogen) atoms. The van der Waals surface area contributed by atoms with Crippen LogP contribution >= 0.6 is 15.9 Å². The van der Waals surface area contributed by atoms with E-state index in [-0.39, 0.29) is 11.9 Å². The van der Waals surface area contributed by atoms with Crippen molar-refractivity contribution >= 4 is 21.6 Å². The average Bonchev–Trinajstić information content (AvgIpc) is 2.50. The predicted molar refractivity (Wildman–Crippen MR) is 88.1 cm³/mol. The normalized spacial score (nSPS) is 22.3. The Kier molecular flexibility index (Phi) is 4.27. The molecule has 0 aromatic heterocycles. The first kappa shape index (κ1) is 14.5. The Labute approximate surface area is 133 Å². The molecule has 4 heteroatoms. The summed E-state index contributed by atoms with van der Waals surface area (Å²) in [5.74, 6) is -0.173. The van der Waals surface area contributed by atoms with Crippen LogP contribution in [0.15, 0.2) is 53.0 Å². The second-order valence-electron chi connectivity index (χ2n) is 5.48. The van der Waals surface area contributed by atoms with Gasteiger partial charge in [0.2, 0.25) is 0 Å². The third-order valence-electron chi connectivity index (χ3n) is 3.91. The molecular formula is C17H18BrFN2. The van der Waals surface area contributed by atoms with Crippen LogP contribution in [0.4, 0.5) is 10.1 Å². The first-order valence-electron chi connectivity index (χ1n) is 7.15. The summed E-state index contributed by atoms with van der Waals surface area (Å²) in [6, 6.07) is 15.9. The summed E-state index contributed by atoms with van der Waals surface area (Å²) in [5.41, 5.74) is 1.86. The lowest BCUT2D eigenvalue weighted by atomic mass is 10.0. The summed E-state index contributed by atoms with van der Waals surface area (Å²) >= 11 is 3.45. The van der Waals surface area contributed by atoms with Crippen LogP contribution in [0.25, 0.3) is 0 Å². The SMILES string of the molecule is CC1CN(c2cc(Br)ccc2F)C(c2ccccc2)CN1. The second kappa shape index (κ2) is 6.16. The van der Waals surface area contributed by atoms with E-state index in [1.807, 2.05) is 24.3 Å². The minimum Gasteiger partial charge on any atom is -0.359 e. The molecule has 0 spiro atoms. The number of hydrogen-bond donors (Lipinski definition) is 1. The predicted octanol–water partition coefficient (Wildman–Crippen LogP) is 4.13. The van der Waals surface area contributed by atoms with Crippen LogP contribution in [0.2, 0.25) is 0 Å². The third kappa shape index (κ3) is 3.11. The summed E-state index contributed by atoms with van der Waals surface area (Å²) in [4.78, 5) is 2.16. The van der Waals surface area contributed by atoms with E-state index in [9.17, 15) is 4.39 Å². The van der Waals surface area contributed by atoms with Crippen LogP contribution in [0.5, 0.6) is 0 Å². The number of rotatable bonds is 2. The molecule has 2 aromatic rings. The number of hydrogen-bond acceptors (Lipinski definition) is 2. The maximum absolute atomic E-state index is 14.3. The van der Waals surface area contributed by atoms with Gasteiger partial charge >= 0.3 is 0 Å². The van der Waals surface area contributed by atoms with Gasteiger partial charge in [0.05, 0.1) is 11.7 Å². The van der Waals surface area contributed by atoms with Crippen LogP contribution in [-0.4, -0.2) is 19.1 Å². The van der Waals surface area contributed by atoms with E-state index in [2.05, 4.69) is 45.2 Å². The Hall–Kier alpha value is -1.39. The van der Waals surface area contributed by atoms with Gasteiger partial charge in [-0.1, -0.05) is 46.3 Å². The molecule has 2 unspecified atom stereocenters. The van der Waals surface area contributed by atoms with Crippen LogP contribution in [0, 0.1) is 5.82 Å². The monoisotopic (exact) mass is 348 g/mol. The van der Waals surface area contributed by atoms with Crippen LogP contribution < -0.4 is 10.2 Å². The fourth-order valence-corrected chi connectivity index (χ4v) is 3.20. The number of anilines is 1. The Balaban J connectivity index is 2.00. The number of nitrogens with one attached hydrogen (secondary N) is 1. The smallest absolute Gasteiger partial charge is 0.146 e. The summed E-state index contributed by atoms with van der Waals surface area (Å²) in [7, 11) is 0. The standard InChI is InChI=1S/C17H18BrFN2/c1-12-11-21(16-9-14(18)7-8-15(16)19)17(10-20-12)13-5-3-2-4-6-13/h2-9,12,17,20H,10-11H2,1H3. The molecule has 0 radical (unpaired) electrons. The van der Waals surface area contributed by atoms with Gasteiger partial charge in [-0.15, -0.1) is 0 Å². The van der Waals surface area contributed by atoms with Gasteiger partial charge in [0, 0.05) is 23.6 Å². The largest absolute Gasteiger partial charge is 0.359 e. The second-order valence-corrected chi connectivity index (χ2v) is 6.40. The van der Waals surface area contributed by atoms with Crippen LogP contribution in [-0.2, 0) is 0 Å². The number of piperazine rings is 1. The average molecular weight is 349 g/mol. The van der Waals surface area contributed by atoms with Gasteiger partial charge in [0.1, 0.15) is 5.82 Å². The molecule has 1 N–H and O–H groups in total. The van der Waals surface area contributed by atoms with Crippen molar-refractivity contribution in [1.82, 2.24) is 5.32 Å². The lowest BCUT2D eigenvalue weighted by Crippen LogP contribution is -2.51. The first-order chi connectivity index (χ1) is 10.1. The van der Waals surface area contributed by atoms with Gasteiger partial charge < -0.3 is 10.2 Å². The fraction of sp³-hybridized carbons (Fsp3) is 0.294. The summed E-state index contributed by atoms with van der Waals surface area (Å²) < 4.78 is 15.2. The molecule has 1 heterocycles. The highest BCUT2D eigenvalue weighted by atomic mass is 79.9. The molecule has 2 aromatic carbocycles. The molecule has 0 aliphatic carbocycles. The highest BCUT2D eigenvalue weighted by molar-refractivity contribution is 9.10. The van der Waals surface area contributed by atoms with E-state index in [1.54, 1.807) is 6.07 Å². The lowest BCUT2D eigenvalue weighted by Gasteiger charge is -2.41. The Morgan fingerprint density at radius 3 is 2.71 bits per heavy atom. The minimum atomic E-state index is -0.173. The maximum Gasteiger partial charge on any atom is 0.146 e. The van der Waals surface area contributed by atoms with Crippen molar-refractivity contribution in [3.63, 3.8) is 0 Å². The van der Waals surface area contributed by atoms with E-state index < -0.39 is 0 Å². The summed E-state index contributed by atoms with van der Waals surface area (Å²) in [6.07, 6.45) is 0. The summed E-state index contributed by atoms with van der Waals surface area (Å²) in [6.45, 7) is 3.73. The van der Waals surface area contributed by atoms with Crippen LogP contribution in [0.1, 0.15) is 18.5 Å². The van der Waals surface area contributed by atoms with Crippen molar-refractivity contribution in [3.05, 3.63) is 64.4 Å². The van der Waals surface area contributed by atoms with E-state index in [0.29, 0.717) is 11.7 Å². The highest BCUT2D eigenvalue weighted by Gasteiger charge is 2.28. The van der Waals surface area contributed by atoms with E-state index in [1.165, 1.54) is 11.6 Å². The molecule has 3 rings (SSSR count). The number of benzene rings is 2. The maximum atomic E-state index is 14.3. The first-order valence-corrected chi connectivity index (χ1v) is 7.94. The molecule has 0 bridgehead atoms. The van der Waals surface area contributed by atoms with Crippen molar-refractivity contribution in [1.29, 1.82) is 0 Å². The van der Waals surface area contributed by atoms with E-state index in [0.717, 1.165) is 17.6 Å². The van der Waals surface area contributed by atoms with Crippen molar-refractivity contribution in [2.45, 2.75) is 19.0 Å². The van der Waals surface area contributed by atoms with Gasteiger partial charge in [0.25, 0.3) is 0 Å². The van der Waals surface area contributed by atoms with Gasteiger partial charge in [-0.05, 0) is 30.7 Å². The van der Waals surface area contributed by atoms with Crippen molar-refractivity contribution in [2.75, 3.05) is 18.0 Å². The van der Waals surface area contributed by atoms with Gasteiger partial charge in [-0.2, -0.15) is 0 Å². The highest BCUT2D eigenvalue weighted by Crippen LogP contribution is 2.33. The number of halogens is 2. The lowest BCUT2D eigenvalue weighted by molar-refractivity contribution is 0.412. The van der Waals surface area contributed by atoms with Crippen LogP contribution in [0.3, 0.4) is 0 Å². The minimum absolute atomic E-state index is 0.145. The quantitative estimate of drug-likeness (QED) is 0.877. The molecule has 1 fully saturated rings. The van der Waals surface area contributed by atoms with Gasteiger partial charge in [-0.3, -0.25) is 0 Å². The Morgan fingerprint density at radius 2 is 1.95 bits per heavy atom. The van der Waals surface area contributed by atoms with Crippen molar-refractivity contribution in [3.8, 4) is 0 Å². The fourth-order valence-electron chi connectivity index (χ4n) is 2.85. The Bertz CT molecular complexity index is 617. The molecule has 0 amide bonds. The zero-order chi connectivity index (χ0) is 14.8. The van der Waals surface area contributed by atoms with E-state index in [4.69, 9.17) is 0 Å². The van der Waals surface area contributed by atoms with Gasteiger partial charge in [-0.25, -0.2) is 4.39 Å². The summed E-state index contributed by atoms with van der Waals surface area (Å²) in [5, 5.41) is 3.49. The van der Waals surface area contributed by atoms with Crippen molar-refractivity contribution in [2.24, 2.45) is 0 Å². The topological polar surface area (TPSA) is 15.3 Å². The van der Waals surface area contributed by atoms with E-state index >= 15 is 0 Å². The third-order valence-corrected chi connectivity index (χ3v) is 4.40.